The zero-order valence-electron chi connectivity index (χ0n) is 15.6. The van der Waals surface area contributed by atoms with Crippen LogP contribution in [0.3, 0.4) is 0 Å². The molecule has 0 aromatic carbocycles. The molecule has 1 atom stereocenters. The quantitative estimate of drug-likeness (QED) is 0.856. The van der Waals surface area contributed by atoms with Crippen LogP contribution in [0.15, 0.2) is 16.8 Å². The van der Waals surface area contributed by atoms with Crippen LogP contribution in [0.1, 0.15) is 54.6 Å². The first kappa shape index (κ1) is 17.9. The molecule has 2 aromatic rings. The number of aryl methyl sites for hydroxylation is 1. The van der Waals surface area contributed by atoms with Gasteiger partial charge in [0.05, 0.1) is 13.2 Å². The fourth-order valence-electron chi connectivity index (χ4n) is 3.79. The van der Waals surface area contributed by atoms with Crippen molar-refractivity contribution >= 4 is 5.91 Å². The molecule has 1 unspecified atom stereocenters. The highest BCUT2D eigenvalue weighted by Gasteiger charge is 2.30. The summed E-state index contributed by atoms with van der Waals surface area (Å²) in [5, 5.41) is 7.12. The summed E-state index contributed by atoms with van der Waals surface area (Å²) in [6.45, 7) is 2.52. The third kappa shape index (κ3) is 3.95. The molecule has 2 aliphatic rings. The fraction of sp³-hybridized carbons (Fsp3) is 0.579. The van der Waals surface area contributed by atoms with Gasteiger partial charge in [0, 0.05) is 62.4 Å². The zero-order chi connectivity index (χ0) is 18.6. The smallest absolute Gasteiger partial charge is 0.254 e. The Labute approximate surface area is 158 Å². The Morgan fingerprint density at radius 2 is 2.37 bits per heavy atom. The Kier molecular flexibility index (Phi) is 5.33. The number of nitrogens with zero attached hydrogens (tertiary/aromatic N) is 4. The van der Waals surface area contributed by atoms with E-state index in [0.29, 0.717) is 24.5 Å². The molecular weight excluding hydrogens is 346 g/mol. The van der Waals surface area contributed by atoms with Crippen molar-refractivity contribution in [2.45, 2.75) is 51.1 Å². The highest BCUT2D eigenvalue weighted by atomic mass is 16.5. The van der Waals surface area contributed by atoms with Crippen LogP contribution < -0.4 is 10.1 Å². The van der Waals surface area contributed by atoms with Crippen molar-refractivity contribution in [3.8, 4) is 5.88 Å². The summed E-state index contributed by atoms with van der Waals surface area (Å²) in [7, 11) is 1.54. The molecule has 1 saturated heterocycles. The van der Waals surface area contributed by atoms with Gasteiger partial charge < -0.3 is 19.5 Å². The second kappa shape index (κ2) is 8.04. The molecule has 0 spiro atoms. The van der Waals surface area contributed by atoms with Crippen LogP contribution in [0.5, 0.6) is 5.88 Å². The Hall–Kier alpha value is -2.48. The molecule has 27 heavy (non-hydrogen) atoms. The van der Waals surface area contributed by atoms with Gasteiger partial charge in [-0.15, -0.1) is 0 Å². The molecule has 0 radical (unpaired) electrons. The summed E-state index contributed by atoms with van der Waals surface area (Å²) in [4.78, 5) is 24.2. The minimum Gasteiger partial charge on any atom is -0.479 e. The Morgan fingerprint density at radius 1 is 1.44 bits per heavy atom. The lowest BCUT2D eigenvalue weighted by molar-refractivity contribution is -0.135. The van der Waals surface area contributed by atoms with Crippen LogP contribution in [0, 0.1) is 0 Å². The second-order valence-corrected chi connectivity index (χ2v) is 7.06. The fourth-order valence-corrected chi connectivity index (χ4v) is 3.79. The van der Waals surface area contributed by atoms with Gasteiger partial charge in [-0.05, 0) is 24.4 Å². The van der Waals surface area contributed by atoms with Gasteiger partial charge in [-0.25, -0.2) is 9.97 Å². The molecule has 144 valence electrons. The molecule has 1 amide bonds. The predicted octanol–water partition coefficient (Wildman–Crippen LogP) is 1.81. The average Bonchev–Trinajstić information content (AvgIpc) is 3.20. The number of hydrogen-bond donors (Lipinski definition) is 1. The van der Waals surface area contributed by atoms with Gasteiger partial charge in [0.1, 0.15) is 5.76 Å². The number of nitrogens with one attached hydrogen (secondary N) is 1. The number of carbonyl (C=O) groups excluding carboxylic acids is 1. The van der Waals surface area contributed by atoms with Gasteiger partial charge in [-0.3, -0.25) is 4.79 Å². The monoisotopic (exact) mass is 371 g/mol. The maximum atomic E-state index is 12.9. The van der Waals surface area contributed by atoms with Gasteiger partial charge in [-0.2, -0.15) is 0 Å². The van der Waals surface area contributed by atoms with Crippen LogP contribution in [-0.2, 0) is 24.2 Å². The van der Waals surface area contributed by atoms with Crippen molar-refractivity contribution in [1.82, 2.24) is 25.3 Å². The van der Waals surface area contributed by atoms with Crippen LogP contribution in [0.25, 0.3) is 0 Å². The van der Waals surface area contributed by atoms with E-state index in [2.05, 4.69) is 15.5 Å². The van der Waals surface area contributed by atoms with Gasteiger partial charge in [0.2, 0.25) is 5.91 Å². The van der Waals surface area contributed by atoms with Crippen molar-refractivity contribution in [1.29, 1.82) is 0 Å². The largest absolute Gasteiger partial charge is 0.479 e. The number of methoxy groups -OCH3 is 1. The number of carbonyl (C=O) groups is 1. The van der Waals surface area contributed by atoms with E-state index in [1.807, 2.05) is 11.1 Å². The number of fused-ring (bicyclic) bond motifs is 1. The lowest BCUT2D eigenvalue weighted by Crippen LogP contribution is -2.39. The summed E-state index contributed by atoms with van der Waals surface area (Å²) in [6, 6.07) is 1.69. The summed E-state index contributed by atoms with van der Waals surface area (Å²) in [5.41, 5.74) is 2.28. The second-order valence-electron chi connectivity index (χ2n) is 7.06. The molecule has 8 heteroatoms. The average molecular weight is 371 g/mol. The van der Waals surface area contributed by atoms with Gasteiger partial charge in [0.25, 0.3) is 5.88 Å². The third-order valence-electron chi connectivity index (χ3n) is 5.28. The molecule has 0 bridgehead atoms. The van der Waals surface area contributed by atoms with Gasteiger partial charge in [0.15, 0.2) is 5.82 Å². The highest BCUT2D eigenvalue weighted by Crippen LogP contribution is 2.30. The van der Waals surface area contributed by atoms with E-state index in [1.165, 1.54) is 0 Å². The van der Waals surface area contributed by atoms with E-state index in [-0.39, 0.29) is 11.9 Å². The molecule has 4 heterocycles. The SMILES string of the molecule is COc1cc(CCC(=O)N2CCCCC2c2ncc3c(n2)CCNC3)on1. The van der Waals surface area contributed by atoms with E-state index >= 15 is 0 Å². The number of likely N-dealkylation sites (tertiary alicyclic amines) is 1. The number of aromatic nitrogens is 3. The van der Waals surface area contributed by atoms with Crippen LogP contribution in [-0.4, -0.2) is 46.1 Å². The Bertz CT molecular complexity index is 806. The summed E-state index contributed by atoms with van der Waals surface area (Å²) in [6.07, 6.45) is 6.75. The zero-order valence-corrected chi connectivity index (χ0v) is 15.6. The molecular formula is C19H25N5O3. The van der Waals surface area contributed by atoms with E-state index in [0.717, 1.165) is 62.4 Å². The van der Waals surface area contributed by atoms with Crippen molar-refractivity contribution in [2.24, 2.45) is 0 Å². The van der Waals surface area contributed by atoms with Crippen molar-refractivity contribution in [2.75, 3.05) is 20.2 Å². The Morgan fingerprint density at radius 3 is 3.22 bits per heavy atom. The molecule has 1 N–H and O–H groups in total. The first-order valence-electron chi connectivity index (χ1n) is 9.59. The van der Waals surface area contributed by atoms with Crippen LogP contribution in [0.4, 0.5) is 0 Å². The number of hydrogen-bond acceptors (Lipinski definition) is 7. The molecule has 0 saturated carbocycles. The highest BCUT2D eigenvalue weighted by molar-refractivity contribution is 5.77. The summed E-state index contributed by atoms with van der Waals surface area (Å²) in [5.74, 6) is 1.99. The minimum atomic E-state index is -0.0318. The standard InChI is InChI=1S/C19H25N5O3/c1-26-17-10-14(27-23-17)5-6-18(25)24-9-3-2-4-16(24)19-21-12-13-11-20-8-7-15(13)22-19/h10,12,16,20H,2-9,11H2,1H3. The van der Waals surface area contributed by atoms with Gasteiger partial charge >= 0.3 is 0 Å². The number of amides is 1. The molecule has 4 rings (SSSR count). The molecule has 0 aliphatic carbocycles. The van der Waals surface area contributed by atoms with Crippen molar-refractivity contribution in [3.05, 3.63) is 35.1 Å². The van der Waals surface area contributed by atoms with E-state index in [1.54, 1.807) is 13.2 Å². The topological polar surface area (TPSA) is 93.4 Å². The van der Waals surface area contributed by atoms with Crippen molar-refractivity contribution < 1.29 is 14.1 Å². The summed E-state index contributed by atoms with van der Waals surface area (Å²) >= 11 is 0. The first-order valence-corrected chi connectivity index (χ1v) is 9.59. The van der Waals surface area contributed by atoms with E-state index in [4.69, 9.17) is 14.2 Å². The van der Waals surface area contributed by atoms with E-state index in [9.17, 15) is 4.79 Å². The normalized spacial score (nSPS) is 19.6. The maximum Gasteiger partial charge on any atom is 0.254 e. The molecule has 8 nitrogen and oxygen atoms in total. The summed E-state index contributed by atoms with van der Waals surface area (Å²) < 4.78 is 10.2. The number of ether oxygens (including phenoxy) is 1. The number of rotatable bonds is 5. The molecule has 2 aromatic heterocycles. The third-order valence-corrected chi connectivity index (χ3v) is 5.28. The van der Waals surface area contributed by atoms with Crippen LogP contribution >= 0.6 is 0 Å². The molecule has 2 aliphatic heterocycles. The van der Waals surface area contributed by atoms with Crippen LogP contribution in [0.2, 0.25) is 0 Å². The van der Waals surface area contributed by atoms with E-state index < -0.39 is 0 Å². The minimum absolute atomic E-state index is 0.0318. The lowest BCUT2D eigenvalue weighted by atomic mass is 9.99. The van der Waals surface area contributed by atoms with Crippen molar-refractivity contribution in [3.63, 3.8) is 0 Å². The number of piperidine rings is 1. The molecule has 1 fully saturated rings. The maximum absolute atomic E-state index is 12.9. The predicted molar refractivity (Wildman–Crippen MR) is 97.1 cm³/mol. The first-order chi connectivity index (χ1) is 13.2. The lowest BCUT2D eigenvalue weighted by Gasteiger charge is -2.35. The Balaban J connectivity index is 1.46. The van der Waals surface area contributed by atoms with Gasteiger partial charge in [-0.1, -0.05) is 0 Å².